The highest BCUT2D eigenvalue weighted by molar-refractivity contribution is 5.97. The van der Waals surface area contributed by atoms with Gasteiger partial charge in [-0.1, -0.05) is 0 Å². The predicted octanol–water partition coefficient (Wildman–Crippen LogP) is 2.41. The van der Waals surface area contributed by atoms with Crippen molar-refractivity contribution in [3.05, 3.63) is 65.4 Å². The summed E-state index contributed by atoms with van der Waals surface area (Å²) in [6.07, 6.45) is 3.19. The van der Waals surface area contributed by atoms with Crippen molar-refractivity contribution in [1.82, 2.24) is 25.4 Å². The van der Waals surface area contributed by atoms with E-state index in [1.54, 1.807) is 29.2 Å². The lowest BCUT2D eigenvalue weighted by Crippen LogP contribution is -2.40. The minimum atomic E-state index is -0.763. The number of carbonyl (C=O) groups excluding carboxylic acids is 3. The standard InChI is InChI=1S/C30H37N9O4/c1-38(2)24-13-5-19(6-14-24)28(41)33-22-9-11-23(12-10-22)34-30-35-27(25(26(31)40)36-37-30)32-21-7-3-20(4-8-21)29(42)39-15-17-43-18-16-39/h3-8,13-14,22-23H,9-12,15-18H2,1-2H3,(H2,31,40)(H,33,41)(H2,32,34,35,37). The molecule has 0 radical (unpaired) electrons. The molecule has 0 atom stereocenters. The number of aromatic nitrogens is 3. The maximum absolute atomic E-state index is 12.7. The van der Waals surface area contributed by atoms with E-state index in [2.05, 4.69) is 31.1 Å². The van der Waals surface area contributed by atoms with Gasteiger partial charge in [-0.15, -0.1) is 10.2 Å². The van der Waals surface area contributed by atoms with Crippen molar-refractivity contribution < 1.29 is 19.1 Å². The van der Waals surface area contributed by atoms with E-state index < -0.39 is 5.91 Å². The first-order valence-electron chi connectivity index (χ1n) is 14.4. The molecule has 3 amide bonds. The first-order valence-corrected chi connectivity index (χ1v) is 14.4. The summed E-state index contributed by atoms with van der Waals surface area (Å²) in [5.74, 6) is -0.472. The van der Waals surface area contributed by atoms with Gasteiger partial charge < -0.3 is 36.2 Å². The number of benzene rings is 2. The molecule has 2 aromatic carbocycles. The Balaban J connectivity index is 1.17. The molecule has 13 heteroatoms. The summed E-state index contributed by atoms with van der Waals surface area (Å²) in [5.41, 5.74) is 8.28. The molecule has 13 nitrogen and oxygen atoms in total. The van der Waals surface area contributed by atoms with Gasteiger partial charge >= 0.3 is 0 Å². The second-order valence-corrected chi connectivity index (χ2v) is 10.9. The van der Waals surface area contributed by atoms with Crippen LogP contribution in [0.3, 0.4) is 0 Å². The summed E-state index contributed by atoms with van der Waals surface area (Å²) in [7, 11) is 3.92. The second kappa shape index (κ2) is 13.5. The number of nitrogens with zero attached hydrogens (tertiary/aromatic N) is 5. The molecule has 0 unspecified atom stereocenters. The maximum Gasteiger partial charge on any atom is 0.273 e. The molecule has 3 aromatic rings. The van der Waals surface area contributed by atoms with Crippen molar-refractivity contribution in [3.63, 3.8) is 0 Å². The molecule has 5 N–H and O–H groups in total. The van der Waals surface area contributed by atoms with Crippen LogP contribution in [-0.2, 0) is 4.74 Å². The molecule has 1 aliphatic carbocycles. The van der Waals surface area contributed by atoms with E-state index in [1.807, 2.05) is 43.3 Å². The Kier molecular flexibility index (Phi) is 9.30. The van der Waals surface area contributed by atoms with Gasteiger partial charge in [0.1, 0.15) is 0 Å². The Morgan fingerprint density at radius 3 is 2.14 bits per heavy atom. The SMILES string of the molecule is CN(C)c1ccc(C(=O)NC2CCC(Nc3nnc(C(N)=O)c(Nc4ccc(C(=O)N5CCOCC5)cc4)n3)CC2)cc1. The normalized spacial score (nSPS) is 18.4. The van der Waals surface area contributed by atoms with Gasteiger partial charge in [-0.3, -0.25) is 14.4 Å². The van der Waals surface area contributed by atoms with E-state index in [4.69, 9.17) is 10.5 Å². The fourth-order valence-electron chi connectivity index (χ4n) is 5.17. The number of hydrogen-bond acceptors (Lipinski definition) is 10. The third-order valence-electron chi connectivity index (χ3n) is 7.65. The van der Waals surface area contributed by atoms with Crippen LogP contribution in [0.1, 0.15) is 56.9 Å². The first kappa shape index (κ1) is 29.7. The van der Waals surface area contributed by atoms with E-state index in [0.29, 0.717) is 43.1 Å². The van der Waals surface area contributed by atoms with Gasteiger partial charge in [0.2, 0.25) is 5.95 Å². The van der Waals surface area contributed by atoms with E-state index in [9.17, 15) is 14.4 Å². The Bertz CT molecular complexity index is 1430. The zero-order chi connectivity index (χ0) is 30.3. The number of nitrogens with one attached hydrogen (secondary N) is 3. The summed E-state index contributed by atoms with van der Waals surface area (Å²) in [6, 6.07) is 14.6. The molecule has 1 aromatic heterocycles. The summed E-state index contributed by atoms with van der Waals surface area (Å²) >= 11 is 0. The van der Waals surface area contributed by atoms with Crippen molar-refractivity contribution in [2.24, 2.45) is 5.73 Å². The number of primary amides is 1. The maximum atomic E-state index is 12.7. The quantitative estimate of drug-likeness (QED) is 0.292. The number of nitrogens with two attached hydrogens (primary N) is 1. The van der Waals surface area contributed by atoms with Crippen LogP contribution < -0.4 is 26.6 Å². The topological polar surface area (TPSA) is 168 Å². The van der Waals surface area contributed by atoms with E-state index in [0.717, 1.165) is 31.4 Å². The van der Waals surface area contributed by atoms with Gasteiger partial charge in [-0.25, -0.2) is 0 Å². The third kappa shape index (κ3) is 7.55. The Hall–Kier alpha value is -4.78. The average molecular weight is 588 g/mol. The highest BCUT2D eigenvalue weighted by Gasteiger charge is 2.25. The Morgan fingerprint density at radius 2 is 1.51 bits per heavy atom. The predicted molar refractivity (Wildman–Crippen MR) is 163 cm³/mol. The first-order chi connectivity index (χ1) is 20.8. The second-order valence-electron chi connectivity index (χ2n) is 10.9. The van der Waals surface area contributed by atoms with Crippen LogP contribution in [0.15, 0.2) is 48.5 Å². The summed E-state index contributed by atoms with van der Waals surface area (Å²) < 4.78 is 5.32. The number of anilines is 4. The monoisotopic (exact) mass is 587 g/mol. The number of rotatable bonds is 9. The molecule has 2 heterocycles. The molecule has 5 rings (SSSR count). The van der Waals surface area contributed by atoms with Crippen molar-refractivity contribution in [1.29, 1.82) is 0 Å². The molecule has 0 bridgehead atoms. The molecule has 1 saturated heterocycles. The summed E-state index contributed by atoms with van der Waals surface area (Å²) in [5, 5.41) is 17.6. The van der Waals surface area contributed by atoms with Crippen LogP contribution in [0.2, 0.25) is 0 Å². The minimum absolute atomic E-state index is 0.0594. The van der Waals surface area contributed by atoms with Gasteiger partial charge in [0.05, 0.1) is 13.2 Å². The lowest BCUT2D eigenvalue weighted by molar-refractivity contribution is 0.0303. The lowest BCUT2D eigenvalue weighted by atomic mass is 9.91. The van der Waals surface area contributed by atoms with Crippen molar-refractivity contribution in [2.75, 3.05) is 55.9 Å². The fraction of sp³-hybridized carbons (Fsp3) is 0.400. The van der Waals surface area contributed by atoms with Crippen LogP contribution in [0.25, 0.3) is 0 Å². The molecule has 226 valence electrons. The van der Waals surface area contributed by atoms with E-state index in [-0.39, 0.29) is 41.4 Å². The molecule has 1 saturated carbocycles. The summed E-state index contributed by atoms with van der Waals surface area (Å²) in [6.45, 7) is 2.18. The molecular formula is C30H37N9O4. The van der Waals surface area contributed by atoms with Crippen molar-refractivity contribution in [2.45, 2.75) is 37.8 Å². The minimum Gasteiger partial charge on any atom is -0.378 e. The highest BCUT2D eigenvalue weighted by Crippen LogP contribution is 2.24. The van der Waals surface area contributed by atoms with Gasteiger partial charge in [0, 0.05) is 61.8 Å². The zero-order valence-electron chi connectivity index (χ0n) is 24.4. The summed E-state index contributed by atoms with van der Waals surface area (Å²) in [4.78, 5) is 45.7. The van der Waals surface area contributed by atoms with E-state index >= 15 is 0 Å². The molecule has 0 spiro atoms. The average Bonchev–Trinajstić information content (AvgIpc) is 3.02. The Labute approximate surface area is 250 Å². The number of amides is 3. The van der Waals surface area contributed by atoms with Crippen LogP contribution in [0.4, 0.5) is 23.1 Å². The van der Waals surface area contributed by atoms with Crippen molar-refractivity contribution in [3.8, 4) is 0 Å². The molecule has 1 aliphatic heterocycles. The van der Waals surface area contributed by atoms with Crippen LogP contribution >= 0.6 is 0 Å². The zero-order valence-corrected chi connectivity index (χ0v) is 24.4. The van der Waals surface area contributed by atoms with Gasteiger partial charge in [0.15, 0.2) is 11.5 Å². The third-order valence-corrected chi connectivity index (χ3v) is 7.65. The number of carbonyl (C=O) groups is 3. The van der Waals surface area contributed by atoms with Crippen LogP contribution in [0, 0.1) is 0 Å². The molecule has 2 aliphatic rings. The molecule has 43 heavy (non-hydrogen) atoms. The van der Waals surface area contributed by atoms with Gasteiger partial charge in [-0.2, -0.15) is 4.98 Å². The van der Waals surface area contributed by atoms with E-state index in [1.165, 1.54) is 0 Å². The molecule has 2 fully saturated rings. The van der Waals surface area contributed by atoms with Gasteiger partial charge in [0.25, 0.3) is 17.7 Å². The molecular weight excluding hydrogens is 550 g/mol. The largest absolute Gasteiger partial charge is 0.378 e. The lowest BCUT2D eigenvalue weighted by Gasteiger charge is -2.29. The van der Waals surface area contributed by atoms with Crippen LogP contribution in [-0.4, -0.2) is 90.3 Å². The van der Waals surface area contributed by atoms with Gasteiger partial charge in [-0.05, 0) is 74.2 Å². The number of morpholine rings is 1. The number of hydrogen-bond donors (Lipinski definition) is 4. The Morgan fingerprint density at radius 1 is 0.884 bits per heavy atom. The van der Waals surface area contributed by atoms with Crippen LogP contribution in [0.5, 0.6) is 0 Å². The smallest absolute Gasteiger partial charge is 0.273 e. The number of ether oxygens (including phenoxy) is 1. The van der Waals surface area contributed by atoms with Crippen molar-refractivity contribution >= 4 is 40.9 Å². The highest BCUT2D eigenvalue weighted by atomic mass is 16.5. The fourth-order valence-corrected chi connectivity index (χ4v) is 5.17.